The Hall–Kier alpha value is -3.13. The summed E-state index contributed by atoms with van der Waals surface area (Å²) in [5.41, 5.74) is 0.314. The van der Waals surface area contributed by atoms with E-state index < -0.39 is 5.78 Å². The van der Waals surface area contributed by atoms with E-state index in [2.05, 4.69) is 10.6 Å². The van der Waals surface area contributed by atoms with Crippen molar-refractivity contribution in [2.75, 3.05) is 19.4 Å². The minimum absolute atomic E-state index is 0.00292. The number of nitrogens with one attached hydrogen (secondary N) is 2. The van der Waals surface area contributed by atoms with E-state index in [1.165, 1.54) is 35.3 Å². The molecule has 7 nitrogen and oxygen atoms in total. The van der Waals surface area contributed by atoms with Gasteiger partial charge in [-0.25, -0.2) is 0 Å². The summed E-state index contributed by atoms with van der Waals surface area (Å²) in [6.45, 7) is 3.19. The number of rotatable bonds is 8. The standard InChI is InChI=1S/C20H23N3O4S/c1-12(17-9-6-10-28-17)21-16(11-24)18(13(2)25)22-15-8-5-7-14(19(15)26)20(27)23(3)4/h5-12,21-22,26H,1-4H3/b18-16-/t12-/m1/s1. The van der Waals surface area contributed by atoms with Crippen molar-refractivity contribution in [1.29, 1.82) is 0 Å². The lowest BCUT2D eigenvalue weighted by molar-refractivity contribution is -0.114. The first kappa shape index (κ1) is 21.2. The molecule has 28 heavy (non-hydrogen) atoms. The number of allylic oxidation sites excluding steroid dienone is 2. The van der Waals surface area contributed by atoms with Crippen LogP contribution < -0.4 is 10.6 Å². The molecular formula is C20H23N3O4S. The SMILES string of the molecule is CC(=O)/C(Nc1cccc(C(=O)N(C)C)c1O)=C(\C=O)N[C@H](C)c1cccs1. The van der Waals surface area contributed by atoms with Crippen molar-refractivity contribution in [2.24, 2.45) is 0 Å². The first-order chi connectivity index (χ1) is 13.3. The van der Waals surface area contributed by atoms with Crippen LogP contribution in [0.25, 0.3) is 0 Å². The zero-order valence-electron chi connectivity index (χ0n) is 16.1. The Balaban J connectivity index is 2.39. The van der Waals surface area contributed by atoms with Crippen LogP contribution in [0.1, 0.15) is 35.1 Å². The molecular weight excluding hydrogens is 378 g/mol. The van der Waals surface area contributed by atoms with Gasteiger partial charge in [-0.05, 0) is 30.5 Å². The fourth-order valence-electron chi connectivity index (χ4n) is 2.54. The van der Waals surface area contributed by atoms with Crippen molar-refractivity contribution < 1.29 is 19.5 Å². The molecule has 2 rings (SSSR count). The molecule has 0 aliphatic heterocycles. The molecule has 0 spiro atoms. The summed E-state index contributed by atoms with van der Waals surface area (Å²) in [6.07, 6.45) is 0.555. The highest BCUT2D eigenvalue weighted by Gasteiger charge is 2.20. The second-order valence-electron chi connectivity index (χ2n) is 6.37. The van der Waals surface area contributed by atoms with Crippen molar-refractivity contribution >= 4 is 35.0 Å². The summed E-state index contributed by atoms with van der Waals surface area (Å²) in [7, 11) is 3.15. The highest BCUT2D eigenvalue weighted by molar-refractivity contribution is 7.10. The van der Waals surface area contributed by atoms with Crippen LogP contribution in [0.5, 0.6) is 5.75 Å². The molecule has 0 unspecified atom stereocenters. The molecule has 1 aromatic heterocycles. The number of hydrogen-bond acceptors (Lipinski definition) is 7. The van der Waals surface area contributed by atoms with E-state index in [1.54, 1.807) is 20.2 Å². The summed E-state index contributed by atoms with van der Waals surface area (Å²) in [5.74, 6) is -1.07. The number of nitrogens with zero attached hydrogens (tertiary/aromatic N) is 1. The van der Waals surface area contributed by atoms with E-state index in [0.29, 0.717) is 6.29 Å². The maximum absolute atomic E-state index is 12.2. The lowest BCUT2D eigenvalue weighted by Gasteiger charge is -2.19. The number of thiophene rings is 1. The van der Waals surface area contributed by atoms with Gasteiger partial charge >= 0.3 is 0 Å². The van der Waals surface area contributed by atoms with Gasteiger partial charge in [0.2, 0.25) is 0 Å². The maximum atomic E-state index is 12.2. The highest BCUT2D eigenvalue weighted by Crippen LogP contribution is 2.30. The van der Waals surface area contributed by atoms with Gasteiger partial charge < -0.3 is 20.6 Å². The second-order valence-corrected chi connectivity index (χ2v) is 7.35. The summed E-state index contributed by atoms with van der Waals surface area (Å²) in [6, 6.07) is 8.23. The number of ketones is 1. The number of Topliss-reactive ketones (excluding diaryl/α,β-unsaturated/α-hetero) is 1. The molecule has 1 heterocycles. The van der Waals surface area contributed by atoms with Gasteiger partial charge in [-0.1, -0.05) is 12.1 Å². The van der Waals surface area contributed by atoms with Gasteiger partial charge in [-0.3, -0.25) is 14.4 Å². The van der Waals surface area contributed by atoms with Gasteiger partial charge in [0.25, 0.3) is 5.91 Å². The minimum Gasteiger partial charge on any atom is -0.505 e. The number of aldehydes is 1. The number of amides is 1. The average Bonchev–Trinajstić information content (AvgIpc) is 3.19. The van der Waals surface area contributed by atoms with Crippen LogP contribution in [0.2, 0.25) is 0 Å². The van der Waals surface area contributed by atoms with Gasteiger partial charge in [-0.15, -0.1) is 11.3 Å². The van der Waals surface area contributed by atoms with Crippen LogP contribution in [0.15, 0.2) is 47.1 Å². The van der Waals surface area contributed by atoms with Gasteiger partial charge in [0, 0.05) is 25.9 Å². The lowest BCUT2D eigenvalue weighted by atomic mass is 10.1. The van der Waals surface area contributed by atoms with Gasteiger partial charge in [-0.2, -0.15) is 0 Å². The highest BCUT2D eigenvalue weighted by atomic mass is 32.1. The monoisotopic (exact) mass is 401 g/mol. The fraction of sp³-hybridized carbons (Fsp3) is 0.250. The summed E-state index contributed by atoms with van der Waals surface area (Å²) >= 11 is 1.53. The smallest absolute Gasteiger partial charge is 0.257 e. The number of phenolic OH excluding ortho intramolecular Hbond substituents is 1. The number of benzene rings is 1. The second kappa shape index (κ2) is 9.18. The number of carbonyl (C=O) groups is 3. The molecule has 0 fully saturated rings. The Morgan fingerprint density at radius 2 is 1.93 bits per heavy atom. The molecule has 1 amide bonds. The Morgan fingerprint density at radius 3 is 2.46 bits per heavy atom. The van der Waals surface area contributed by atoms with E-state index in [9.17, 15) is 19.5 Å². The van der Waals surface area contributed by atoms with Gasteiger partial charge in [0.1, 0.15) is 11.4 Å². The molecule has 0 aliphatic rings. The van der Waals surface area contributed by atoms with E-state index in [0.717, 1.165) is 4.88 Å². The maximum Gasteiger partial charge on any atom is 0.257 e. The minimum atomic E-state index is -0.392. The lowest BCUT2D eigenvalue weighted by Crippen LogP contribution is -2.25. The molecule has 0 saturated carbocycles. The predicted octanol–water partition coefficient (Wildman–Crippen LogP) is 2.92. The Kier molecular flexibility index (Phi) is 6.94. The van der Waals surface area contributed by atoms with E-state index in [4.69, 9.17) is 0 Å². The summed E-state index contributed by atoms with van der Waals surface area (Å²) in [5, 5.41) is 18.2. The van der Waals surface area contributed by atoms with Crippen molar-refractivity contribution in [2.45, 2.75) is 19.9 Å². The van der Waals surface area contributed by atoms with E-state index in [1.807, 2.05) is 24.4 Å². The normalized spacial score (nSPS) is 12.6. The Labute approximate surface area is 167 Å². The third-order valence-electron chi connectivity index (χ3n) is 4.01. The summed E-state index contributed by atoms with van der Waals surface area (Å²) < 4.78 is 0. The average molecular weight is 401 g/mol. The zero-order valence-corrected chi connectivity index (χ0v) is 17.0. The molecule has 0 aliphatic carbocycles. The van der Waals surface area contributed by atoms with Crippen LogP contribution >= 0.6 is 11.3 Å². The zero-order chi connectivity index (χ0) is 20.8. The van der Waals surface area contributed by atoms with Crippen LogP contribution in [0.4, 0.5) is 5.69 Å². The van der Waals surface area contributed by atoms with Crippen LogP contribution in [0.3, 0.4) is 0 Å². The van der Waals surface area contributed by atoms with Crippen molar-refractivity contribution in [3.63, 3.8) is 0 Å². The number of hydrogen-bond donors (Lipinski definition) is 3. The molecule has 1 atom stereocenters. The van der Waals surface area contributed by atoms with Crippen molar-refractivity contribution in [1.82, 2.24) is 10.2 Å². The molecule has 0 radical (unpaired) electrons. The first-order valence-electron chi connectivity index (χ1n) is 8.57. The third kappa shape index (κ3) is 4.77. The number of carbonyl (C=O) groups excluding carboxylic acids is 3. The third-order valence-corrected chi connectivity index (χ3v) is 5.07. The van der Waals surface area contributed by atoms with Gasteiger partial charge in [0.05, 0.1) is 17.3 Å². The first-order valence-corrected chi connectivity index (χ1v) is 9.45. The molecule has 3 N–H and O–H groups in total. The molecule has 2 aromatic rings. The fourth-order valence-corrected chi connectivity index (χ4v) is 3.28. The topological polar surface area (TPSA) is 98.7 Å². The van der Waals surface area contributed by atoms with Crippen LogP contribution in [0, 0.1) is 0 Å². The van der Waals surface area contributed by atoms with Gasteiger partial charge in [0.15, 0.2) is 17.8 Å². The molecule has 1 aromatic carbocycles. The largest absolute Gasteiger partial charge is 0.505 e. The van der Waals surface area contributed by atoms with E-state index >= 15 is 0 Å². The number of anilines is 1. The summed E-state index contributed by atoms with van der Waals surface area (Å²) in [4.78, 5) is 38.4. The number of para-hydroxylation sites is 1. The molecule has 8 heteroatoms. The quantitative estimate of drug-likeness (QED) is 0.357. The van der Waals surface area contributed by atoms with Crippen molar-refractivity contribution in [3.8, 4) is 5.75 Å². The van der Waals surface area contributed by atoms with E-state index in [-0.39, 0.29) is 40.3 Å². The Morgan fingerprint density at radius 1 is 1.21 bits per heavy atom. The van der Waals surface area contributed by atoms with Crippen LogP contribution in [-0.2, 0) is 9.59 Å². The Bertz CT molecular complexity index is 904. The molecule has 0 bridgehead atoms. The number of phenols is 1. The molecule has 148 valence electrons. The number of aromatic hydroxyl groups is 1. The van der Waals surface area contributed by atoms with Crippen molar-refractivity contribution in [3.05, 3.63) is 57.5 Å². The van der Waals surface area contributed by atoms with Crippen LogP contribution in [-0.4, -0.2) is 42.1 Å². The predicted molar refractivity (Wildman–Crippen MR) is 109 cm³/mol. The molecule has 0 saturated heterocycles.